The molecule has 2 nitrogen and oxygen atoms in total. The molecule has 0 saturated heterocycles. The highest BCUT2D eigenvalue weighted by Crippen LogP contribution is 2.21. The Hall–Kier alpha value is -0.860. The van der Waals surface area contributed by atoms with Gasteiger partial charge in [0, 0.05) is 13.1 Å². The van der Waals surface area contributed by atoms with E-state index < -0.39 is 0 Å². The van der Waals surface area contributed by atoms with Crippen molar-refractivity contribution in [3.63, 3.8) is 0 Å². The molecule has 0 unspecified atom stereocenters. The summed E-state index contributed by atoms with van der Waals surface area (Å²) in [4.78, 5) is 0. The Labute approximate surface area is 92.3 Å². The van der Waals surface area contributed by atoms with Crippen LogP contribution in [0.1, 0.15) is 31.9 Å². The average Bonchev–Trinajstić information content (AvgIpc) is 2.18. The van der Waals surface area contributed by atoms with Crippen molar-refractivity contribution >= 4 is 0 Å². The summed E-state index contributed by atoms with van der Waals surface area (Å²) in [5.41, 5.74) is 2.83. The van der Waals surface area contributed by atoms with Gasteiger partial charge in [-0.25, -0.2) is 0 Å². The zero-order chi connectivity index (χ0) is 11.3. The van der Waals surface area contributed by atoms with Gasteiger partial charge >= 0.3 is 0 Å². The van der Waals surface area contributed by atoms with Gasteiger partial charge in [-0.3, -0.25) is 0 Å². The first-order valence-electron chi connectivity index (χ1n) is 5.45. The van der Waals surface area contributed by atoms with Crippen LogP contribution in [0.3, 0.4) is 0 Å². The molecule has 0 atom stereocenters. The SMILES string of the molecule is CC(C)(C)c1ccc(CNCCO)cc1. The number of aliphatic hydroxyl groups is 1. The summed E-state index contributed by atoms with van der Waals surface area (Å²) in [6.07, 6.45) is 0. The Bertz CT molecular complexity index is 284. The fourth-order valence-electron chi connectivity index (χ4n) is 1.43. The van der Waals surface area contributed by atoms with Gasteiger partial charge < -0.3 is 10.4 Å². The van der Waals surface area contributed by atoms with Gasteiger partial charge in [0.15, 0.2) is 0 Å². The molecule has 0 aliphatic carbocycles. The van der Waals surface area contributed by atoms with Gasteiger partial charge in [-0.15, -0.1) is 0 Å². The molecule has 2 N–H and O–H groups in total. The van der Waals surface area contributed by atoms with Gasteiger partial charge in [0.25, 0.3) is 0 Å². The molecule has 0 aliphatic rings. The van der Waals surface area contributed by atoms with E-state index in [2.05, 4.69) is 50.4 Å². The van der Waals surface area contributed by atoms with E-state index in [1.54, 1.807) is 0 Å². The van der Waals surface area contributed by atoms with E-state index in [1.807, 2.05) is 0 Å². The Morgan fingerprint density at radius 3 is 2.20 bits per heavy atom. The normalized spacial score (nSPS) is 11.7. The van der Waals surface area contributed by atoms with Crippen molar-refractivity contribution < 1.29 is 5.11 Å². The highest BCUT2D eigenvalue weighted by Gasteiger charge is 2.12. The van der Waals surface area contributed by atoms with Crippen molar-refractivity contribution in [1.29, 1.82) is 0 Å². The molecule has 84 valence electrons. The lowest BCUT2D eigenvalue weighted by Crippen LogP contribution is -2.17. The molecule has 1 rings (SSSR count). The molecule has 0 radical (unpaired) electrons. The average molecular weight is 207 g/mol. The van der Waals surface area contributed by atoms with Gasteiger partial charge in [0.1, 0.15) is 0 Å². The number of benzene rings is 1. The van der Waals surface area contributed by atoms with Crippen LogP contribution in [0, 0.1) is 0 Å². The second kappa shape index (κ2) is 5.29. The second-order valence-corrected chi connectivity index (χ2v) is 4.85. The second-order valence-electron chi connectivity index (χ2n) is 4.85. The summed E-state index contributed by atoms with van der Waals surface area (Å²) in [5, 5.41) is 11.8. The Balaban J connectivity index is 2.57. The third kappa shape index (κ3) is 4.02. The number of hydrogen-bond donors (Lipinski definition) is 2. The molecule has 0 fully saturated rings. The van der Waals surface area contributed by atoms with E-state index in [0.717, 1.165) is 6.54 Å². The standard InChI is InChI=1S/C13H21NO/c1-13(2,3)12-6-4-11(5-7-12)10-14-8-9-15/h4-7,14-15H,8-10H2,1-3H3. The summed E-state index contributed by atoms with van der Waals surface area (Å²) in [6, 6.07) is 8.64. The van der Waals surface area contributed by atoms with E-state index >= 15 is 0 Å². The number of hydrogen-bond acceptors (Lipinski definition) is 2. The van der Waals surface area contributed by atoms with E-state index in [4.69, 9.17) is 5.11 Å². The minimum atomic E-state index is 0.195. The van der Waals surface area contributed by atoms with Crippen LogP contribution in [0.2, 0.25) is 0 Å². The van der Waals surface area contributed by atoms with Crippen molar-refractivity contribution in [2.75, 3.05) is 13.2 Å². The van der Waals surface area contributed by atoms with Gasteiger partial charge in [0.2, 0.25) is 0 Å². The molecule has 0 saturated carbocycles. The maximum Gasteiger partial charge on any atom is 0.0556 e. The topological polar surface area (TPSA) is 32.3 Å². The molecule has 1 aromatic rings. The summed E-state index contributed by atoms with van der Waals surface area (Å²) in [7, 11) is 0. The summed E-state index contributed by atoms with van der Waals surface area (Å²) in [5.74, 6) is 0. The van der Waals surface area contributed by atoms with E-state index in [1.165, 1.54) is 11.1 Å². The van der Waals surface area contributed by atoms with Gasteiger partial charge in [-0.1, -0.05) is 45.0 Å². The fourth-order valence-corrected chi connectivity index (χ4v) is 1.43. The van der Waals surface area contributed by atoms with Crippen molar-refractivity contribution in [1.82, 2.24) is 5.32 Å². The van der Waals surface area contributed by atoms with Crippen LogP contribution in [0.5, 0.6) is 0 Å². The third-order valence-electron chi connectivity index (χ3n) is 2.44. The molecule has 0 spiro atoms. The van der Waals surface area contributed by atoms with Crippen LogP contribution in [0.25, 0.3) is 0 Å². The molecular weight excluding hydrogens is 186 g/mol. The van der Waals surface area contributed by atoms with Crippen LogP contribution in [0.4, 0.5) is 0 Å². The highest BCUT2D eigenvalue weighted by molar-refractivity contribution is 5.27. The first-order chi connectivity index (χ1) is 7.04. The minimum absolute atomic E-state index is 0.195. The van der Waals surface area contributed by atoms with Crippen LogP contribution in [0.15, 0.2) is 24.3 Å². The summed E-state index contributed by atoms with van der Waals surface area (Å²) < 4.78 is 0. The maximum atomic E-state index is 8.63. The zero-order valence-electron chi connectivity index (χ0n) is 9.88. The molecule has 0 amide bonds. The van der Waals surface area contributed by atoms with Gasteiger partial charge in [0.05, 0.1) is 6.61 Å². The first-order valence-corrected chi connectivity index (χ1v) is 5.45. The van der Waals surface area contributed by atoms with Crippen molar-refractivity contribution in [2.24, 2.45) is 0 Å². The van der Waals surface area contributed by atoms with Gasteiger partial charge in [-0.05, 0) is 16.5 Å². The molecule has 2 heteroatoms. The zero-order valence-corrected chi connectivity index (χ0v) is 9.88. The van der Waals surface area contributed by atoms with Crippen LogP contribution in [-0.4, -0.2) is 18.3 Å². The van der Waals surface area contributed by atoms with E-state index in [0.29, 0.717) is 6.54 Å². The van der Waals surface area contributed by atoms with Crippen LogP contribution >= 0.6 is 0 Å². The minimum Gasteiger partial charge on any atom is -0.395 e. The Morgan fingerprint density at radius 2 is 1.73 bits per heavy atom. The maximum absolute atomic E-state index is 8.63. The number of aliphatic hydroxyl groups excluding tert-OH is 1. The number of rotatable bonds is 4. The molecule has 0 aromatic heterocycles. The van der Waals surface area contributed by atoms with Crippen molar-refractivity contribution in [3.05, 3.63) is 35.4 Å². The largest absolute Gasteiger partial charge is 0.395 e. The molecule has 0 bridgehead atoms. The quantitative estimate of drug-likeness (QED) is 0.741. The fraction of sp³-hybridized carbons (Fsp3) is 0.538. The first kappa shape index (κ1) is 12.2. The van der Waals surface area contributed by atoms with Crippen molar-refractivity contribution in [2.45, 2.75) is 32.7 Å². The Morgan fingerprint density at radius 1 is 1.13 bits per heavy atom. The van der Waals surface area contributed by atoms with Crippen LogP contribution in [-0.2, 0) is 12.0 Å². The molecule has 0 heterocycles. The van der Waals surface area contributed by atoms with Crippen molar-refractivity contribution in [3.8, 4) is 0 Å². The van der Waals surface area contributed by atoms with E-state index in [-0.39, 0.29) is 12.0 Å². The predicted octanol–water partition coefficient (Wildman–Crippen LogP) is 2.07. The lowest BCUT2D eigenvalue weighted by molar-refractivity contribution is 0.292. The highest BCUT2D eigenvalue weighted by atomic mass is 16.3. The Kier molecular flexibility index (Phi) is 4.30. The molecular formula is C13H21NO. The smallest absolute Gasteiger partial charge is 0.0556 e. The molecule has 15 heavy (non-hydrogen) atoms. The summed E-state index contributed by atoms with van der Waals surface area (Å²) >= 11 is 0. The lowest BCUT2D eigenvalue weighted by atomic mass is 9.87. The van der Waals surface area contributed by atoms with Crippen LogP contribution < -0.4 is 5.32 Å². The molecule has 0 aliphatic heterocycles. The predicted molar refractivity (Wildman–Crippen MR) is 63.9 cm³/mol. The third-order valence-corrected chi connectivity index (χ3v) is 2.44. The number of nitrogens with one attached hydrogen (secondary N) is 1. The van der Waals surface area contributed by atoms with E-state index in [9.17, 15) is 0 Å². The molecule has 1 aromatic carbocycles. The van der Waals surface area contributed by atoms with Gasteiger partial charge in [-0.2, -0.15) is 0 Å². The lowest BCUT2D eigenvalue weighted by Gasteiger charge is -2.19. The summed E-state index contributed by atoms with van der Waals surface area (Å²) in [6.45, 7) is 8.32. The monoisotopic (exact) mass is 207 g/mol.